The predicted molar refractivity (Wildman–Crippen MR) is 78.1 cm³/mol. The van der Waals surface area contributed by atoms with Crippen LogP contribution < -0.4 is 11.1 Å². The second-order valence-corrected chi connectivity index (χ2v) is 6.67. The average Bonchev–Trinajstić information content (AvgIpc) is 2.40. The van der Waals surface area contributed by atoms with Crippen LogP contribution in [0.15, 0.2) is 23.1 Å². The van der Waals surface area contributed by atoms with Gasteiger partial charge < -0.3 is 20.9 Å². The Morgan fingerprint density at radius 3 is 2.60 bits per heavy atom. The van der Waals surface area contributed by atoms with E-state index in [2.05, 4.69) is 5.32 Å². The van der Waals surface area contributed by atoms with Crippen LogP contribution in [0.3, 0.4) is 0 Å². The van der Waals surface area contributed by atoms with Gasteiger partial charge in [0.25, 0.3) is 0 Å². The van der Waals surface area contributed by atoms with Crippen molar-refractivity contribution in [3.05, 3.63) is 18.2 Å². The molecule has 114 valence electrons. The first-order valence-electron chi connectivity index (χ1n) is 6.01. The molecule has 0 fully saturated rings. The lowest BCUT2D eigenvalue weighted by atomic mass is 10.2. The van der Waals surface area contributed by atoms with E-state index >= 15 is 0 Å². The number of nitrogens with two attached hydrogens (primary N) is 1. The lowest BCUT2D eigenvalue weighted by molar-refractivity contribution is 0.153. The van der Waals surface area contributed by atoms with E-state index in [1.807, 2.05) is 0 Å². The summed E-state index contributed by atoms with van der Waals surface area (Å²) in [6.45, 7) is 0.124. The molecule has 0 bridgehead atoms. The van der Waals surface area contributed by atoms with Gasteiger partial charge in [-0.1, -0.05) is 0 Å². The van der Waals surface area contributed by atoms with Crippen LogP contribution in [-0.2, 0) is 14.8 Å². The number of rotatable bonds is 7. The molecule has 0 saturated heterocycles. The fraction of sp³-hybridized carbons (Fsp3) is 0.500. The molecule has 0 heterocycles. The largest absolute Gasteiger partial charge is 0.397 e. The fourth-order valence-electron chi connectivity index (χ4n) is 1.59. The molecule has 1 aromatic rings. The summed E-state index contributed by atoms with van der Waals surface area (Å²) in [7, 11) is 0.905. The summed E-state index contributed by atoms with van der Waals surface area (Å²) in [5.74, 6) is 0. The number of nitrogen functional groups attached to an aromatic ring is 1. The molecule has 0 saturated carbocycles. The van der Waals surface area contributed by atoms with Crippen molar-refractivity contribution in [2.24, 2.45) is 0 Å². The number of ether oxygens (including phenoxy) is 1. The molecule has 0 aliphatic heterocycles. The van der Waals surface area contributed by atoms with Crippen molar-refractivity contribution in [1.82, 2.24) is 4.31 Å². The standard InChI is InChI=1S/C12H21N3O4S/c1-15(2)20(17,18)10-4-5-11(13)12(6-10)14-9(7-16)8-19-3/h4-6,9,14,16H,7-8,13H2,1-3H3. The highest BCUT2D eigenvalue weighted by Crippen LogP contribution is 2.24. The molecular formula is C12H21N3O4S. The van der Waals surface area contributed by atoms with Crippen molar-refractivity contribution < 1.29 is 18.3 Å². The number of hydrogen-bond acceptors (Lipinski definition) is 6. The summed E-state index contributed by atoms with van der Waals surface area (Å²) in [5.41, 5.74) is 6.66. The molecule has 1 rings (SSSR count). The van der Waals surface area contributed by atoms with Gasteiger partial charge in [0.15, 0.2) is 0 Å². The summed E-state index contributed by atoms with van der Waals surface area (Å²) < 4.78 is 30.2. The first-order chi connectivity index (χ1) is 9.32. The first kappa shape index (κ1) is 16.7. The minimum Gasteiger partial charge on any atom is -0.397 e. The predicted octanol–water partition coefficient (Wildman–Crippen LogP) is -0.0617. The third-order valence-electron chi connectivity index (χ3n) is 2.75. The third-order valence-corrected chi connectivity index (χ3v) is 4.56. The van der Waals surface area contributed by atoms with Gasteiger partial charge in [0, 0.05) is 21.2 Å². The average molecular weight is 303 g/mol. The molecule has 8 heteroatoms. The Bertz CT molecular complexity index is 546. The number of anilines is 2. The molecule has 0 aromatic heterocycles. The number of nitrogens with zero attached hydrogens (tertiary/aromatic N) is 1. The zero-order chi connectivity index (χ0) is 15.3. The number of methoxy groups -OCH3 is 1. The number of hydrogen-bond donors (Lipinski definition) is 3. The van der Waals surface area contributed by atoms with Gasteiger partial charge in [-0.2, -0.15) is 0 Å². The molecule has 0 spiro atoms. The Morgan fingerprint density at radius 1 is 1.45 bits per heavy atom. The first-order valence-corrected chi connectivity index (χ1v) is 7.45. The topological polar surface area (TPSA) is 105 Å². The maximum atomic E-state index is 12.1. The van der Waals surface area contributed by atoms with Gasteiger partial charge >= 0.3 is 0 Å². The van der Waals surface area contributed by atoms with Crippen molar-refractivity contribution in [2.45, 2.75) is 10.9 Å². The maximum absolute atomic E-state index is 12.1. The van der Waals surface area contributed by atoms with Crippen molar-refractivity contribution in [3.63, 3.8) is 0 Å². The minimum absolute atomic E-state index is 0.133. The Balaban J connectivity index is 3.09. The zero-order valence-electron chi connectivity index (χ0n) is 11.8. The molecular weight excluding hydrogens is 282 g/mol. The van der Waals surface area contributed by atoms with E-state index < -0.39 is 10.0 Å². The van der Waals surface area contributed by atoms with Gasteiger partial charge in [-0.05, 0) is 18.2 Å². The molecule has 1 atom stereocenters. The molecule has 0 amide bonds. The number of sulfonamides is 1. The van der Waals surface area contributed by atoms with Gasteiger partial charge in [0.1, 0.15) is 0 Å². The summed E-state index contributed by atoms with van der Waals surface area (Å²) in [6, 6.07) is 4.04. The van der Waals surface area contributed by atoms with Crippen molar-refractivity contribution in [2.75, 3.05) is 45.5 Å². The van der Waals surface area contributed by atoms with E-state index in [0.29, 0.717) is 11.4 Å². The normalized spacial score (nSPS) is 13.4. The van der Waals surface area contributed by atoms with Gasteiger partial charge in [-0.3, -0.25) is 0 Å². The van der Waals surface area contributed by atoms with E-state index in [1.54, 1.807) is 0 Å². The number of nitrogens with one attached hydrogen (secondary N) is 1. The number of benzene rings is 1. The van der Waals surface area contributed by atoms with Gasteiger partial charge in [-0.25, -0.2) is 12.7 Å². The second kappa shape index (κ2) is 6.89. The summed E-state index contributed by atoms with van der Waals surface area (Å²) in [5, 5.41) is 12.2. The molecule has 1 unspecified atom stereocenters. The quantitative estimate of drug-likeness (QED) is 0.609. The molecule has 0 radical (unpaired) electrons. The Morgan fingerprint density at radius 2 is 2.10 bits per heavy atom. The number of aliphatic hydroxyl groups is 1. The van der Waals surface area contributed by atoms with E-state index in [-0.39, 0.29) is 24.2 Å². The highest BCUT2D eigenvalue weighted by Gasteiger charge is 2.19. The van der Waals surface area contributed by atoms with Gasteiger partial charge in [0.2, 0.25) is 10.0 Å². The summed E-state index contributed by atoms with van der Waals surface area (Å²) >= 11 is 0. The number of aliphatic hydroxyl groups excluding tert-OH is 1. The van der Waals surface area contributed by atoms with Crippen LogP contribution in [0.4, 0.5) is 11.4 Å². The lowest BCUT2D eigenvalue weighted by Crippen LogP contribution is -2.29. The summed E-state index contributed by atoms with van der Waals surface area (Å²) in [4.78, 5) is 0.133. The lowest BCUT2D eigenvalue weighted by Gasteiger charge is -2.19. The molecule has 0 aliphatic carbocycles. The van der Waals surface area contributed by atoms with Crippen LogP contribution in [-0.4, -0.2) is 58.3 Å². The third kappa shape index (κ3) is 3.83. The van der Waals surface area contributed by atoms with E-state index in [1.165, 1.54) is 39.4 Å². The minimum atomic E-state index is -3.53. The van der Waals surface area contributed by atoms with Crippen LogP contribution >= 0.6 is 0 Å². The zero-order valence-corrected chi connectivity index (χ0v) is 12.6. The highest BCUT2D eigenvalue weighted by atomic mass is 32.2. The van der Waals surface area contributed by atoms with Crippen LogP contribution in [0, 0.1) is 0 Å². The smallest absolute Gasteiger partial charge is 0.242 e. The van der Waals surface area contributed by atoms with Crippen LogP contribution in [0.25, 0.3) is 0 Å². The molecule has 7 nitrogen and oxygen atoms in total. The highest BCUT2D eigenvalue weighted by molar-refractivity contribution is 7.89. The Hall–Kier alpha value is -1.35. The molecule has 20 heavy (non-hydrogen) atoms. The Kier molecular flexibility index (Phi) is 5.75. The van der Waals surface area contributed by atoms with E-state index in [0.717, 1.165) is 4.31 Å². The van der Waals surface area contributed by atoms with Crippen molar-refractivity contribution in [1.29, 1.82) is 0 Å². The van der Waals surface area contributed by atoms with Gasteiger partial charge in [0.05, 0.1) is 35.5 Å². The van der Waals surface area contributed by atoms with E-state index in [9.17, 15) is 13.5 Å². The van der Waals surface area contributed by atoms with Crippen LogP contribution in [0.1, 0.15) is 0 Å². The second-order valence-electron chi connectivity index (χ2n) is 4.52. The fourth-order valence-corrected chi connectivity index (χ4v) is 2.52. The Labute approximate surface area is 119 Å². The van der Waals surface area contributed by atoms with Crippen LogP contribution in [0.5, 0.6) is 0 Å². The summed E-state index contributed by atoms with van der Waals surface area (Å²) in [6.07, 6.45) is 0. The van der Waals surface area contributed by atoms with Gasteiger partial charge in [-0.15, -0.1) is 0 Å². The van der Waals surface area contributed by atoms with Crippen LogP contribution in [0.2, 0.25) is 0 Å². The SMILES string of the molecule is COCC(CO)Nc1cc(S(=O)(=O)N(C)C)ccc1N. The van der Waals surface area contributed by atoms with E-state index in [4.69, 9.17) is 10.5 Å². The van der Waals surface area contributed by atoms with Crippen molar-refractivity contribution >= 4 is 21.4 Å². The molecule has 4 N–H and O–H groups in total. The molecule has 0 aliphatic rings. The maximum Gasteiger partial charge on any atom is 0.242 e. The monoisotopic (exact) mass is 303 g/mol. The molecule has 1 aromatic carbocycles. The van der Waals surface area contributed by atoms with Crippen molar-refractivity contribution in [3.8, 4) is 0 Å².